The summed E-state index contributed by atoms with van der Waals surface area (Å²) in [6.07, 6.45) is 14.3. The fourth-order valence-electron chi connectivity index (χ4n) is 5.01. The zero-order valence-corrected chi connectivity index (χ0v) is 15.5. The smallest absolute Gasteiger partial charge is 0.222 e. The zero-order chi connectivity index (χ0) is 17.1. The van der Waals surface area contributed by atoms with E-state index in [0.29, 0.717) is 11.8 Å². The minimum absolute atomic E-state index is 0.368. The molecule has 1 aliphatic carbocycles. The Morgan fingerprint density at radius 3 is 2.72 bits per heavy atom. The first-order chi connectivity index (χ1) is 12.3. The summed E-state index contributed by atoms with van der Waals surface area (Å²) in [6, 6.07) is 0. The Bertz CT molecular complexity index is 591. The van der Waals surface area contributed by atoms with Crippen LogP contribution >= 0.6 is 0 Å². The van der Waals surface area contributed by atoms with Crippen LogP contribution in [0.5, 0.6) is 0 Å². The Kier molecular flexibility index (Phi) is 5.37. The average Bonchev–Trinajstić information content (AvgIpc) is 3.25. The van der Waals surface area contributed by atoms with Crippen molar-refractivity contribution in [2.24, 2.45) is 5.92 Å². The molecule has 0 aromatic carbocycles. The van der Waals surface area contributed by atoms with Crippen molar-refractivity contribution in [1.29, 1.82) is 0 Å². The molecule has 1 aromatic rings. The number of carbonyl (C=O) groups excluding carboxylic acids is 1. The third kappa shape index (κ3) is 3.90. The number of amides is 1. The van der Waals surface area contributed by atoms with Gasteiger partial charge in [-0.1, -0.05) is 32.1 Å². The SMILES string of the molecule is O=C(CCC1CCCC1)N1CCC[C@@H](c2nnc3n2CCCCC3)C1. The molecule has 0 spiro atoms. The molecule has 1 saturated heterocycles. The van der Waals surface area contributed by atoms with Gasteiger partial charge in [0.2, 0.25) is 5.91 Å². The van der Waals surface area contributed by atoms with Crippen molar-refractivity contribution in [1.82, 2.24) is 19.7 Å². The first-order valence-electron chi connectivity index (χ1n) is 10.5. The minimum atomic E-state index is 0.368. The quantitative estimate of drug-likeness (QED) is 0.837. The van der Waals surface area contributed by atoms with Crippen LogP contribution in [0.1, 0.15) is 88.2 Å². The summed E-state index contributed by atoms with van der Waals surface area (Å²) < 4.78 is 2.37. The Morgan fingerprint density at radius 2 is 1.84 bits per heavy atom. The summed E-state index contributed by atoms with van der Waals surface area (Å²) >= 11 is 0. The van der Waals surface area contributed by atoms with Gasteiger partial charge in [0.25, 0.3) is 0 Å². The summed E-state index contributed by atoms with van der Waals surface area (Å²) in [5.41, 5.74) is 0. The number of aromatic nitrogens is 3. The minimum Gasteiger partial charge on any atom is -0.342 e. The van der Waals surface area contributed by atoms with Crippen LogP contribution in [0.4, 0.5) is 0 Å². The molecule has 5 heteroatoms. The van der Waals surface area contributed by atoms with E-state index in [1.54, 1.807) is 0 Å². The van der Waals surface area contributed by atoms with Crippen molar-refractivity contribution in [3.63, 3.8) is 0 Å². The molecule has 5 nitrogen and oxygen atoms in total. The van der Waals surface area contributed by atoms with Crippen LogP contribution in [-0.2, 0) is 17.8 Å². The average molecular weight is 345 g/mol. The molecule has 4 rings (SSSR count). The number of likely N-dealkylation sites (tertiary alicyclic amines) is 1. The van der Waals surface area contributed by atoms with Crippen molar-refractivity contribution in [2.45, 2.75) is 89.5 Å². The van der Waals surface area contributed by atoms with Gasteiger partial charge < -0.3 is 9.47 Å². The van der Waals surface area contributed by atoms with Gasteiger partial charge in [0.05, 0.1) is 0 Å². The number of hydrogen-bond acceptors (Lipinski definition) is 3. The summed E-state index contributed by atoms with van der Waals surface area (Å²) in [6.45, 7) is 2.84. The number of aryl methyl sites for hydroxylation is 1. The molecule has 138 valence electrons. The van der Waals surface area contributed by atoms with E-state index in [1.807, 2.05) is 0 Å². The number of hydrogen-bond donors (Lipinski definition) is 0. The summed E-state index contributed by atoms with van der Waals surface area (Å²) in [5, 5.41) is 9.00. The monoisotopic (exact) mass is 344 g/mol. The van der Waals surface area contributed by atoms with E-state index < -0.39 is 0 Å². The van der Waals surface area contributed by atoms with Gasteiger partial charge in [0.1, 0.15) is 11.6 Å². The fraction of sp³-hybridized carbons (Fsp3) is 0.850. The number of nitrogens with zero attached hydrogens (tertiary/aromatic N) is 4. The van der Waals surface area contributed by atoms with Crippen molar-refractivity contribution in [3.05, 3.63) is 11.6 Å². The second kappa shape index (κ2) is 7.88. The highest BCUT2D eigenvalue weighted by Gasteiger charge is 2.29. The lowest BCUT2D eigenvalue weighted by molar-refractivity contribution is -0.132. The van der Waals surface area contributed by atoms with Gasteiger partial charge in [-0.3, -0.25) is 4.79 Å². The van der Waals surface area contributed by atoms with Gasteiger partial charge in [-0.05, 0) is 38.0 Å². The molecule has 0 N–H and O–H groups in total. The topological polar surface area (TPSA) is 51.0 Å². The van der Waals surface area contributed by atoms with Crippen molar-refractivity contribution in [2.75, 3.05) is 13.1 Å². The molecule has 1 saturated carbocycles. The lowest BCUT2D eigenvalue weighted by Crippen LogP contribution is -2.39. The van der Waals surface area contributed by atoms with Gasteiger partial charge in [-0.25, -0.2) is 0 Å². The van der Waals surface area contributed by atoms with E-state index >= 15 is 0 Å². The standard InChI is InChI=1S/C20H32N4O/c25-19(12-11-16-7-3-4-8-16)23-13-6-9-17(15-23)20-22-21-18-10-2-1-5-14-24(18)20/h16-17H,1-15H2/t17-/m1/s1. The molecular weight excluding hydrogens is 312 g/mol. The highest BCUT2D eigenvalue weighted by atomic mass is 16.2. The first-order valence-corrected chi connectivity index (χ1v) is 10.5. The molecule has 0 bridgehead atoms. The lowest BCUT2D eigenvalue weighted by atomic mass is 9.95. The van der Waals surface area contributed by atoms with E-state index in [2.05, 4.69) is 19.7 Å². The van der Waals surface area contributed by atoms with Crippen molar-refractivity contribution >= 4 is 5.91 Å². The van der Waals surface area contributed by atoms with Gasteiger partial charge in [-0.15, -0.1) is 10.2 Å². The van der Waals surface area contributed by atoms with Crippen LogP contribution in [0.3, 0.4) is 0 Å². The van der Waals surface area contributed by atoms with Crippen LogP contribution < -0.4 is 0 Å². The van der Waals surface area contributed by atoms with Crippen LogP contribution in [0, 0.1) is 5.92 Å². The van der Waals surface area contributed by atoms with Gasteiger partial charge in [0, 0.05) is 38.4 Å². The second-order valence-corrected chi connectivity index (χ2v) is 8.30. The van der Waals surface area contributed by atoms with Gasteiger partial charge >= 0.3 is 0 Å². The molecule has 0 unspecified atom stereocenters. The number of piperidine rings is 1. The summed E-state index contributed by atoms with van der Waals surface area (Å²) in [7, 11) is 0. The highest BCUT2D eigenvalue weighted by molar-refractivity contribution is 5.76. The van der Waals surface area contributed by atoms with E-state index in [0.717, 1.165) is 69.3 Å². The Hall–Kier alpha value is -1.39. The van der Waals surface area contributed by atoms with E-state index in [4.69, 9.17) is 0 Å². The molecule has 3 heterocycles. The maximum atomic E-state index is 12.7. The third-order valence-electron chi connectivity index (χ3n) is 6.52. The predicted molar refractivity (Wildman–Crippen MR) is 97.3 cm³/mol. The number of fused-ring (bicyclic) bond motifs is 1. The molecule has 2 aliphatic heterocycles. The first kappa shape index (κ1) is 17.0. The Morgan fingerprint density at radius 1 is 0.960 bits per heavy atom. The van der Waals surface area contributed by atoms with Crippen molar-refractivity contribution in [3.8, 4) is 0 Å². The highest BCUT2D eigenvalue weighted by Crippen LogP contribution is 2.31. The van der Waals surface area contributed by atoms with Crippen LogP contribution in [0.2, 0.25) is 0 Å². The molecule has 2 fully saturated rings. The summed E-state index contributed by atoms with van der Waals surface area (Å²) in [4.78, 5) is 14.8. The Labute approximate surface area is 151 Å². The van der Waals surface area contributed by atoms with Crippen LogP contribution in [0.15, 0.2) is 0 Å². The fourth-order valence-corrected chi connectivity index (χ4v) is 5.01. The zero-order valence-electron chi connectivity index (χ0n) is 15.5. The molecular formula is C20H32N4O. The van der Waals surface area contributed by atoms with Gasteiger partial charge in [-0.2, -0.15) is 0 Å². The Balaban J connectivity index is 1.37. The predicted octanol–water partition coefficient (Wildman–Crippen LogP) is 3.68. The molecule has 1 atom stereocenters. The normalized spacial score (nSPS) is 25.0. The third-order valence-corrected chi connectivity index (χ3v) is 6.52. The summed E-state index contributed by atoms with van der Waals surface area (Å²) in [5.74, 6) is 3.86. The van der Waals surface area contributed by atoms with Crippen LogP contribution in [0.25, 0.3) is 0 Å². The second-order valence-electron chi connectivity index (χ2n) is 8.30. The van der Waals surface area contributed by atoms with E-state index in [9.17, 15) is 4.79 Å². The number of rotatable bonds is 4. The van der Waals surface area contributed by atoms with E-state index in [-0.39, 0.29) is 0 Å². The maximum Gasteiger partial charge on any atom is 0.222 e. The lowest BCUT2D eigenvalue weighted by Gasteiger charge is -2.32. The molecule has 0 radical (unpaired) electrons. The van der Waals surface area contributed by atoms with Crippen LogP contribution in [-0.4, -0.2) is 38.7 Å². The number of carbonyl (C=O) groups is 1. The largest absolute Gasteiger partial charge is 0.342 e. The van der Waals surface area contributed by atoms with Gasteiger partial charge in [0.15, 0.2) is 0 Å². The molecule has 3 aliphatic rings. The van der Waals surface area contributed by atoms with E-state index in [1.165, 1.54) is 44.9 Å². The maximum absolute atomic E-state index is 12.7. The van der Waals surface area contributed by atoms with Crippen molar-refractivity contribution < 1.29 is 4.79 Å². The molecule has 1 aromatic heterocycles. The molecule has 25 heavy (non-hydrogen) atoms. The molecule has 1 amide bonds.